The molecule has 84 valence electrons. The lowest BCUT2D eigenvalue weighted by Gasteiger charge is -2.07. The highest BCUT2D eigenvalue weighted by atomic mass is 32.2. The predicted molar refractivity (Wildman–Crippen MR) is 62.2 cm³/mol. The van der Waals surface area contributed by atoms with Crippen molar-refractivity contribution in [3.05, 3.63) is 35.4 Å². The number of sulfonamides is 1. The van der Waals surface area contributed by atoms with Gasteiger partial charge < -0.3 is 0 Å². The van der Waals surface area contributed by atoms with E-state index in [1.165, 1.54) is 5.56 Å². The minimum absolute atomic E-state index is 0.358. The Labute approximate surface area is 91.6 Å². The van der Waals surface area contributed by atoms with Crippen molar-refractivity contribution in [1.82, 2.24) is 4.72 Å². The zero-order valence-electron chi connectivity index (χ0n) is 9.32. The summed E-state index contributed by atoms with van der Waals surface area (Å²) >= 11 is 0. The maximum atomic E-state index is 10.9. The molecule has 1 aromatic carbocycles. The topological polar surface area (TPSA) is 46.2 Å². The van der Waals surface area contributed by atoms with Crippen LogP contribution in [0.2, 0.25) is 0 Å². The molecule has 0 amide bonds. The Morgan fingerprint density at radius 2 is 1.73 bits per heavy atom. The van der Waals surface area contributed by atoms with E-state index < -0.39 is 10.0 Å². The van der Waals surface area contributed by atoms with E-state index in [9.17, 15) is 8.42 Å². The van der Waals surface area contributed by atoms with Crippen LogP contribution in [0.3, 0.4) is 0 Å². The van der Waals surface area contributed by atoms with Gasteiger partial charge in [-0.2, -0.15) is 0 Å². The first kappa shape index (κ1) is 12.2. The van der Waals surface area contributed by atoms with Gasteiger partial charge >= 0.3 is 0 Å². The summed E-state index contributed by atoms with van der Waals surface area (Å²) < 4.78 is 24.2. The van der Waals surface area contributed by atoms with Crippen molar-refractivity contribution >= 4 is 10.0 Å². The number of nitrogens with one attached hydrogen (secondary N) is 1. The van der Waals surface area contributed by atoms with Gasteiger partial charge in [-0.25, -0.2) is 13.1 Å². The van der Waals surface area contributed by atoms with E-state index >= 15 is 0 Å². The summed E-state index contributed by atoms with van der Waals surface area (Å²) in [7, 11) is -3.10. The number of hydrogen-bond acceptors (Lipinski definition) is 2. The van der Waals surface area contributed by atoms with Gasteiger partial charge in [-0.05, 0) is 17.0 Å². The third kappa shape index (κ3) is 4.44. The summed E-state index contributed by atoms with van der Waals surface area (Å²) in [5.41, 5.74) is 2.24. The van der Waals surface area contributed by atoms with Crippen LogP contribution in [0.25, 0.3) is 0 Å². The Bertz CT molecular complexity index is 407. The molecule has 0 bridgehead atoms. The summed E-state index contributed by atoms with van der Waals surface area (Å²) in [5.74, 6) is 0.502. The fourth-order valence-corrected chi connectivity index (χ4v) is 1.66. The molecule has 1 N–H and O–H groups in total. The van der Waals surface area contributed by atoms with E-state index in [-0.39, 0.29) is 0 Å². The molecule has 0 radical (unpaired) electrons. The fourth-order valence-electron chi connectivity index (χ4n) is 1.23. The first-order valence-corrected chi connectivity index (χ1v) is 6.81. The average Bonchev–Trinajstić information content (AvgIpc) is 2.14. The maximum Gasteiger partial charge on any atom is 0.209 e. The van der Waals surface area contributed by atoms with Crippen molar-refractivity contribution in [2.24, 2.45) is 0 Å². The largest absolute Gasteiger partial charge is 0.213 e. The molecule has 0 unspecified atom stereocenters. The molecule has 0 saturated heterocycles. The molecule has 0 aliphatic rings. The van der Waals surface area contributed by atoms with Crippen molar-refractivity contribution in [3.8, 4) is 0 Å². The molecular weight excluding hydrogens is 210 g/mol. The lowest BCUT2D eigenvalue weighted by Crippen LogP contribution is -2.21. The number of benzene rings is 1. The van der Waals surface area contributed by atoms with Crippen molar-refractivity contribution in [1.29, 1.82) is 0 Å². The van der Waals surface area contributed by atoms with Crippen LogP contribution in [0, 0.1) is 0 Å². The minimum atomic E-state index is -3.10. The molecule has 0 aromatic heterocycles. The van der Waals surface area contributed by atoms with Crippen LogP contribution >= 0.6 is 0 Å². The summed E-state index contributed by atoms with van der Waals surface area (Å²) in [5, 5.41) is 0. The Kier molecular flexibility index (Phi) is 3.88. The molecule has 0 saturated carbocycles. The molecule has 1 aromatic rings. The standard InChI is InChI=1S/C11H17NO2S/c1-9(2)11-6-4-10(5-7-11)8-12-15(3,13)14/h4-7,9,12H,8H2,1-3H3. The van der Waals surface area contributed by atoms with Crippen LogP contribution < -0.4 is 4.72 Å². The van der Waals surface area contributed by atoms with Gasteiger partial charge in [0.2, 0.25) is 10.0 Å². The summed E-state index contributed by atoms with van der Waals surface area (Å²) in [4.78, 5) is 0. The van der Waals surface area contributed by atoms with Crippen molar-refractivity contribution in [3.63, 3.8) is 0 Å². The maximum absolute atomic E-state index is 10.9. The molecule has 0 aliphatic carbocycles. The number of rotatable bonds is 4. The van der Waals surface area contributed by atoms with Gasteiger partial charge in [-0.1, -0.05) is 38.1 Å². The Balaban J connectivity index is 2.65. The summed E-state index contributed by atoms with van der Waals surface area (Å²) in [6, 6.07) is 7.97. The molecule has 0 aliphatic heterocycles. The quantitative estimate of drug-likeness (QED) is 0.853. The molecule has 4 heteroatoms. The van der Waals surface area contributed by atoms with Crippen LogP contribution in [0.5, 0.6) is 0 Å². The van der Waals surface area contributed by atoms with Crippen molar-refractivity contribution in [2.45, 2.75) is 26.3 Å². The van der Waals surface area contributed by atoms with Crippen LogP contribution in [-0.4, -0.2) is 14.7 Å². The lowest BCUT2D eigenvalue weighted by molar-refractivity contribution is 0.587. The van der Waals surface area contributed by atoms with E-state index in [1.54, 1.807) is 0 Å². The van der Waals surface area contributed by atoms with Crippen molar-refractivity contribution in [2.75, 3.05) is 6.26 Å². The Morgan fingerprint density at radius 3 is 2.13 bits per heavy atom. The van der Waals surface area contributed by atoms with Crippen LogP contribution in [0.4, 0.5) is 0 Å². The first-order valence-electron chi connectivity index (χ1n) is 4.92. The van der Waals surface area contributed by atoms with Crippen LogP contribution in [-0.2, 0) is 16.6 Å². The fraction of sp³-hybridized carbons (Fsp3) is 0.455. The van der Waals surface area contributed by atoms with Gasteiger partial charge in [0, 0.05) is 6.54 Å². The highest BCUT2D eigenvalue weighted by Crippen LogP contribution is 2.14. The second-order valence-electron chi connectivity index (χ2n) is 3.99. The lowest BCUT2D eigenvalue weighted by atomic mass is 10.0. The highest BCUT2D eigenvalue weighted by molar-refractivity contribution is 7.88. The molecular formula is C11H17NO2S. The summed E-state index contributed by atoms with van der Waals surface area (Å²) in [6.45, 7) is 4.62. The van der Waals surface area contributed by atoms with Gasteiger partial charge in [-0.15, -0.1) is 0 Å². The van der Waals surface area contributed by atoms with E-state index in [0.29, 0.717) is 12.5 Å². The minimum Gasteiger partial charge on any atom is -0.213 e. The molecule has 15 heavy (non-hydrogen) atoms. The third-order valence-corrected chi connectivity index (χ3v) is 2.85. The van der Waals surface area contributed by atoms with Crippen LogP contribution in [0.1, 0.15) is 30.9 Å². The molecule has 0 atom stereocenters. The van der Waals surface area contributed by atoms with Gasteiger partial charge in [0.15, 0.2) is 0 Å². The van der Waals surface area contributed by atoms with E-state index in [2.05, 4.69) is 18.6 Å². The second-order valence-corrected chi connectivity index (χ2v) is 5.82. The smallest absolute Gasteiger partial charge is 0.209 e. The number of hydrogen-bond donors (Lipinski definition) is 1. The molecule has 3 nitrogen and oxygen atoms in total. The molecule has 0 heterocycles. The summed E-state index contributed by atoms with van der Waals surface area (Å²) in [6.07, 6.45) is 1.16. The van der Waals surface area contributed by atoms with Gasteiger partial charge in [0.25, 0.3) is 0 Å². The Morgan fingerprint density at radius 1 is 1.20 bits per heavy atom. The van der Waals surface area contributed by atoms with Gasteiger partial charge in [0.1, 0.15) is 0 Å². The average molecular weight is 227 g/mol. The second kappa shape index (κ2) is 4.77. The van der Waals surface area contributed by atoms with Crippen LogP contribution in [0.15, 0.2) is 24.3 Å². The zero-order valence-corrected chi connectivity index (χ0v) is 10.1. The van der Waals surface area contributed by atoms with Gasteiger partial charge in [-0.3, -0.25) is 0 Å². The highest BCUT2D eigenvalue weighted by Gasteiger charge is 2.02. The molecule has 1 rings (SSSR count). The molecule has 0 spiro atoms. The zero-order chi connectivity index (χ0) is 11.5. The monoisotopic (exact) mass is 227 g/mol. The first-order chi connectivity index (χ1) is 6.88. The predicted octanol–water partition coefficient (Wildman–Crippen LogP) is 1.86. The van der Waals surface area contributed by atoms with E-state index in [0.717, 1.165) is 11.8 Å². The van der Waals surface area contributed by atoms with Gasteiger partial charge in [0.05, 0.1) is 6.26 Å². The van der Waals surface area contributed by atoms with E-state index in [4.69, 9.17) is 0 Å². The SMILES string of the molecule is CC(C)c1ccc(CNS(C)(=O)=O)cc1. The Hall–Kier alpha value is -0.870. The molecule has 0 fully saturated rings. The third-order valence-electron chi connectivity index (χ3n) is 2.18. The normalized spacial score (nSPS) is 12.0. The van der Waals surface area contributed by atoms with E-state index in [1.807, 2.05) is 24.3 Å². The van der Waals surface area contributed by atoms with Crippen molar-refractivity contribution < 1.29 is 8.42 Å².